The number of hydrogen-bond donors (Lipinski definition) is 0. The average Bonchev–Trinajstić information content (AvgIpc) is 2.88. The maximum Gasteiger partial charge on any atom is 0.169 e. The van der Waals surface area contributed by atoms with Gasteiger partial charge in [-0.05, 0) is 34.4 Å². The minimum Gasteiger partial charge on any atom is -0.497 e. The summed E-state index contributed by atoms with van der Waals surface area (Å²) in [5.41, 5.74) is 5.03. The molecule has 3 nitrogen and oxygen atoms in total. The molecule has 0 unspecified atom stereocenters. The molecule has 0 saturated heterocycles. The van der Waals surface area contributed by atoms with E-state index in [4.69, 9.17) is 4.74 Å². The maximum absolute atomic E-state index is 5.22. The summed E-state index contributed by atoms with van der Waals surface area (Å²) in [6.07, 6.45) is 8.59. The number of aromatic nitrogens is 1. The molecule has 166 valence electrons. The molecule has 4 aromatic rings. The zero-order valence-electron chi connectivity index (χ0n) is 19.2. The molecule has 0 amide bonds. The second-order valence-electron chi connectivity index (χ2n) is 8.16. The standard InChI is InChI=1S/C30H31N2O/c1-33-30-16-14-26(15-17-30)12-13-27-18-20-31(21-19-27)22-23-32(24-28-8-4-2-5-9-28)25-29-10-6-3-7-11-29/h2-21H,22-25H2,1H3/q+1. The van der Waals surface area contributed by atoms with Crippen molar-refractivity contribution in [2.75, 3.05) is 13.7 Å². The second-order valence-corrected chi connectivity index (χ2v) is 8.16. The topological polar surface area (TPSA) is 16.4 Å². The van der Waals surface area contributed by atoms with Crippen molar-refractivity contribution in [2.24, 2.45) is 0 Å². The first-order valence-corrected chi connectivity index (χ1v) is 11.4. The van der Waals surface area contributed by atoms with Crippen LogP contribution in [0.25, 0.3) is 12.2 Å². The van der Waals surface area contributed by atoms with Crippen LogP contribution in [0.3, 0.4) is 0 Å². The molecular formula is C30H31N2O+. The molecule has 0 aliphatic heterocycles. The Morgan fingerprint density at radius 2 is 1.18 bits per heavy atom. The van der Waals surface area contributed by atoms with E-state index in [1.807, 2.05) is 12.1 Å². The predicted octanol–water partition coefficient (Wildman–Crippen LogP) is 5.86. The first-order chi connectivity index (χ1) is 16.3. The number of hydrogen-bond acceptors (Lipinski definition) is 2. The molecule has 0 radical (unpaired) electrons. The van der Waals surface area contributed by atoms with Crippen LogP contribution >= 0.6 is 0 Å². The van der Waals surface area contributed by atoms with Gasteiger partial charge in [-0.1, -0.05) is 84.9 Å². The third kappa shape index (κ3) is 7.16. The van der Waals surface area contributed by atoms with E-state index in [1.54, 1.807) is 7.11 Å². The summed E-state index contributed by atoms with van der Waals surface area (Å²) >= 11 is 0. The van der Waals surface area contributed by atoms with Crippen molar-refractivity contribution in [1.29, 1.82) is 0 Å². The van der Waals surface area contributed by atoms with E-state index >= 15 is 0 Å². The van der Waals surface area contributed by atoms with Crippen LogP contribution in [-0.4, -0.2) is 18.6 Å². The molecule has 0 fully saturated rings. The Morgan fingerprint density at radius 1 is 0.667 bits per heavy atom. The molecular weight excluding hydrogens is 404 g/mol. The van der Waals surface area contributed by atoms with Gasteiger partial charge in [0.25, 0.3) is 0 Å². The van der Waals surface area contributed by atoms with Crippen LogP contribution in [0.5, 0.6) is 5.75 Å². The summed E-state index contributed by atoms with van der Waals surface area (Å²) < 4.78 is 7.48. The van der Waals surface area contributed by atoms with Gasteiger partial charge in [-0.3, -0.25) is 4.90 Å². The maximum atomic E-state index is 5.22. The zero-order valence-corrected chi connectivity index (χ0v) is 19.2. The first kappa shape index (κ1) is 22.5. The fourth-order valence-electron chi connectivity index (χ4n) is 3.79. The summed E-state index contributed by atoms with van der Waals surface area (Å²) in [6, 6.07) is 33.8. The van der Waals surface area contributed by atoms with Crippen molar-refractivity contribution in [3.05, 3.63) is 132 Å². The number of rotatable bonds is 10. The van der Waals surface area contributed by atoms with Crippen LogP contribution in [0.15, 0.2) is 109 Å². The Bertz CT molecular complexity index is 1080. The van der Waals surface area contributed by atoms with Gasteiger partial charge in [0.2, 0.25) is 0 Å². The number of methoxy groups -OCH3 is 1. The third-order valence-electron chi connectivity index (χ3n) is 5.67. The summed E-state index contributed by atoms with van der Waals surface area (Å²) in [4.78, 5) is 2.51. The smallest absolute Gasteiger partial charge is 0.169 e. The quantitative estimate of drug-likeness (QED) is 0.290. The molecule has 33 heavy (non-hydrogen) atoms. The van der Waals surface area contributed by atoms with Gasteiger partial charge < -0.3 is 4.74 Å². The van der Waals surface area contributed by atoms with Crippen LogP contribution in [-0.2, 0) is 19.6 Å². The van der Waals surface area contributed by atoms with Crippen molar-refractivity contribution in [3.63, 3.8) is 0 Å². The number of nitrogens with zero attached hydrogens (tertiary/aromatic N) is 2. The minimum atomic E-state index is 0.876. The third-order valence-corrected chi connectivity index (χ3v) is 5.67. The summed E-state index contributed by atoms with van der Waals surface area (Å²) in [5, 5.41) is 0. The van der Waals surface area contributed by atoms with Crippen molar-refractivity contribution in [3.8, 4) is 5.75 Å². The highest BCUT2D eigenvalue weighted by molar-refractivity contribution is 5.69. The molecule has 3 aromatic carbocycles. The molecule has 0 N–H and O–H groups in total. The van der Waals surface area contributed by atoms with Gasteiger partial charge in [0.15, 0.2) is 18.9 Å². The van der Waals surface area contributed by atoms with Gasteiger partial charge in [-0.15, -0.1) is 0 Å². The molecule has 4 rings (SSSR count). The average molecular weight is 436 g/mol. The molecule has 3 heteroatoms. The van der Waals surface area contributed by atoms with E-state index in [0.29, 0.717) is 0 Å². The number of ether oxygens (including phenoxy) is 1. The Hall–Kier alpha value is -3.69. The molecule has 0 atom stereocenters. The summed E-state index contributed by atoms with van der Waals surface area (Å²) in [5.74, 6) is 0.876. The van der Waals surface area contributed by atoms with E-state index in [-0.39, 0.29) is 0 Å². The lowest BCUT2D eigenvalue weighted by Gasteiger charge is -2.21. The van der Waals surface area contributed by atoms with E-state index in [9.17, 15) is 0 Å². The Labute approximate surface area is 197 Å². The van der Waals surface area contributed by atoms with E-state index in [0.717, 1.165) is 37.5 Å². The second kappa shape index (κ2) is 11.8. The van der Waals surface area contributed by atoms with Gasteiger partial charge in [0, 0.05) is 25.2 Å². The Balaban J connectivity index is 1.36. The first-order valence-electron chi connectivity index (χ1n) is 11.4. The monoisotopic (exact) mass is 435 g/mol. The van der Waals surface area contributed by atoms with Crippen LogP contribution in [0.2, 0.25) is 0 Å². The van der Waals surface area contributed by atoms with Crippen LogP contribution < -0.4 is 9.30 Å². The zero-order chi connectivity index (χ0) is 22.7. The van der Waals surface area contributed by atoms with Gasteiger partial charge in [-0.25, -0.2) is 4.57 Å². The summed E-state index contributed by atoms with van der Waals surface area (Å²) in [7, 11) is 1.69. The molecule has 0 bridgehead atoms. The largest absolute Gasteiger partial charge is 0.497 e. The normalized spacial score (nSPS) is 11.2. The lowest BCUT2D eigenvalue weighted by molar-refractivity contribution is -0.696. The van der Waals surface area contributed by atoms with Crippen molar-refractivity contribution >= 4 is 12.2 Å². The minimum absolute atomic E-state index is 0.876. The van der Waals surface area contributed by atoms with Crippen LogP contribution in [0.4, 0.5) is 0 Å². The lowest BCUT2D eigenvalue weighted by Crippen LogP contribution is -2.39. The molecule has 1 heterocycles. The van der Waals surface area contributed by atoms with Gasteiger partial charge in [0.05, 0.1) is 13.7 Å². The molecule has 0 spiro atoms. The molecule has 0 aliphatic rings. The van der Waals surface area contributed by atoms with E-state index < -0.39 is 0 Å². The van der Waals surface area contributed by atoms with Crippen molar-refractivity contribution in [1.82, 2.24) is 4.90 Å². The van der Waals surface area contributed by atoms with Gasteiger partial charge >= 0.3 is 0 Å². The molecule has 0 aliphatic carbocycles. The van der Waals surface area contributed by atoms with Crippen molar-refractivity contribution < 1.29 is 9.30 Å². The highest BCUT2D eigenvalue weighted by atomic mass is 16.5. The van der Waals surface area contributed by atoms with Gasteiger partial charge in [0.1, 0.15) is 5.75 Å². The Kier molecular flexibility index (Phi) is 8.04. The number of pyridine rings is 1. The summed E-state index contributed by atoms with van der Waals surface area (Å²) in [6.45, 7) is 3.82. The fraction of sp³-hybridized carbons (Fsp3) is 0.167. The van der Waals surface area contributed by atoms with Crippen molar-refractivity contribution in [2.45, 2.75) is 19.6 Å². The highest BCUT2D eigenvalue weighted by Gasteiger charge is 2.10. The molecule has 0 saturated carbocycles. The van der Waals surface area contributed by atoms with E-state index in [1.165, 1.54) is 16.7 Å². The van der Waals surface area contributed by atoms with Crippen LogP contribution in [0, 0.1) is 0 Å². The highest BCUT2D eigenvalue weighted by Crippen LogP contribution is 2.14. The fourth-order valence-corrected chi connectivity index (χ4v) is 3.79. The molecule has 1 aromatic heterocycles. The Morgan fingerprint density at radius 3 is 1.70 bits per heavy atom. The van der Waals surface area contributed by atoms with E-state index in [2.05, 4.69) is 119 Å². The van der Waals surface area contributed by atoms with Gasteiger partial charge in [-0.2, -0.15) is 0 Å². The van der Waals surface area contributed by atoms with Crippen LogP contribution in [0.1, 0.15) is 22.3 Å². The predicted molar refractivity (Wildman–Crippen MR) is 136 cm³/mol. The number of benzene rings is 3. The lowest BCUT2D eigenvalue weighted by atomic mass is 10.1. The SMILES string of the molecule is COc1ccc(C=Cc2cc[n+](CCN(Cc3ccccc3)Cc3ccccc3)cc2)cc1.